The van der Waals surface area contributed by atoms with E-state index in [1.54, 1.807) is 18.2 Å². The zero-order chi connectivity index (χ0) is 12.3. The Labute approximate surface area is 105 Å². The summed E-state index contributed by atoms with van der Waals surface area (Å²) in [4.78, 5) is 0. The highest BCUT2D eigenvalue weighted by atomic mass is 35.5. The van der Waals surface area contributed by atoms with Gasteiger partial charge in [0.15, 0.2) is 0 Å². The zero-order valence-corrected chi connectivity index (χ0v) is 10.2. The molecule has 2 rings (SSSR count). The van der Waals surface area contributed by atoms with Crippen LogP contribution in [-0.4, -0.2) is 19.3 Å². The summed E-state index contributed by atoms with van der Waals surface area (Å²) in [5.41, 5.74) is 3.34. The van der Waals surface area contributed by atoms with E-state index in [0.717, 1.165) is 13.0 Å². The largest absolute Gasteiger partial charge is 0.381 e. The molecule has 0 spiro atoms. The van der Waals surface area contributed by atoms with E-state index < -0.39 is 0 Å². The molecule has 3 nitrogen and oxygen atoms in total. The molecular weight excluding hydrogens is 243 g/mol. The van der Waals surface area contributed by atoms with Crippen molar-refractivity contribution in [3.8, 4) is 0 Å². The molecule has 0 aromatic heterocycles. The van der Waals surface area contributed by atoms with Crippen LogP contribution in [0.4, 0.5) is 4.39 Å². The van der Waals surface area contributed by atoms with Gasteiger partial charge in [0, 0.05) is 18.6 Å². The fourth-order valence-corrected chi connectivity index (χ4v) is 2.37. The van der Waals surface area contributed by atoms with E-state index >= 15 is 0 Å². The minimum Gasteiger partial charge on any atom is -0.381 e. The van der Waals surface area contributed by atoms with Gasteiger partial charge in [0.1, 0.15) is 5.82 Å². The van der Waals surface area contributed by atoms with E-state index in [2.05, 4.69) is 5.43 Å². The van der Waals surface area contributed by atoms with Crippen LogP contribution in [0.5, 0.6) is 0 Å². The van der Waals surface area contributed by atoms with Crippen molar-refractivity contribution in [3.63, 3.8) is 0 Å². The summed E-state index contributed by atoms with van der Waals surface area (Å²) < 4.78 is 19.1. The second-order valence-corrected chi connectivity index (χ2v) is 4.72. The van der Waals surface area contributed by atoms with E-state index in [-0.39, 0.29) is 16.9 Å². The molecule has 1 aromatic carbocycles. The molecule has 1 saturated heterocycles. The highest BCUT2D eigenvalue weighted by Gasteiger charge is 2.26. The van der Waals surface area contributed by atoms with Crippen LogP contribution in [0, 0.1) is 11.7 Å². The third kappa shape index (κ3) is 2.96. The van der Waals surface area contributed by atoms with Crippen molar-refractivity contribution < 1.29 is 9.13 Å². The summed E-state index contributed by atoms with van der Waals surface area (Å²) in [6.45, 7) is 1.43. The Morgan fingerprint density at radius 2 is 2.41 bits per heavy atom. The third-order valence-corrected chi connectivity index (χ3v) is 3.51. The van der Waals surface area contributed by atoms with Gasteiger partial charge in [-0.2, -0.15) is 0 Å². The van der Waals surface area contributed by atoms with Gasteiger partial charge >= 0.3 is 0 Å². The third-order valence-electron chi connectivity index (χ3n) is 3.22. The summed E-state index contributed by atoms with van der Waals surface area (Å²) in [5, 5.41) is 0.154. The highest BCUT2D eigenvalue weighted by molar-refractivity contribution is 6.30. The van der Waals surface area contributed by atoms with Crippen molar-refractivity contribution in [1.29, 1.82) is 0 Å². The van der Waals surface area contributed by atoms with Crippen LogP contribution in [0.25, 0.3) is 0 Å². The SMILES string of the molecule is NNC(Cc1cccc(Cl)c1F)C1CCOC1. The maximum absolute atomic E-state index is 13.8. The molecule has 2 unspecified atom stereocenters. The lowest BCUT2D eigenvalue weighted by molar-refractivity contribution is 0.176. The van der Waals surface area contributed by atoms with E-state index in [9.17, 15) is 4.39 Å². The van der Waals surface area contributed by atoms with E-state index in [4.69, 9.17) is 22.2 Å². The van der Waals surface area contributed by atoms with Gasteiger partial charge in [-0.1, -0.05) is 23.7 Å². The van der Waals surface area contributed by atoms with Crippen LogP contribution in [0.15, 0.2) is 18.2 Å². The lowest BCUT2D eigenvalue weighted by atomic mass is 9.93. The first-order chi connectivity index (χ1) is 8.22. The molecule has 3 N–H and O–H groups in total. The summed E-state index contributed by atoms with van der Waals surface area (Å²) in [6, 6.07) is 5.05. The van der Waals surface area contributed by atoms with Gasteiger partial charge in [-0.25, -0.2) is 4.39 Å². The topological polar surface area (TPSA) is 47.3 Å². The average molecular weight is 259 g/mol. The van der Waals surface area contributed by atoms with Crippen molar-refractivity contribution in [3.05, 3.63) is 34.6 Å². The molecule has 17 heavy (non-hydrogen) atoms. The number of nitrogens with one attached hydrogen (secondary N) is 1. The molecule has 1 aliphatic heterocycles. The number of benzene rings is 1. The van der Waals surface area contributed by atoms with Crippen LogP contribution < -0.4 is 11.3 Å². The van der Waals surface area contributed by atoms with Crippen LogP contribution in [0.3, 0.4) is 0 Å². The van der Waals surface area contributed by atoms with Crippen molar-refractivity contribution in [1.82, 2.24) is 5.43 Å². The predicted octanol–water partition coefficient (Wildman–Crippen LogP) is 1.89. The molecule has 0 amide bonds. The van der Waals surface area contributed by atoms with Gasteiger partial charge in [0.2, 0.25) is 0 Å². The Kier molecular flexibility index (Phi) is 4.34. The van der Waals surface area contributed by atoms with Gasteiger partial charge in [-0.15, -0.1) is 0 Å². The Bertz CT molecular complexity index is 383. The molecule has 0 bridgehead atoms. The normalized spacial score (nSPS) is 21.7. The molecule has 2 atom stereocenters. The molecule has 0 aliphatic carbocycles. The van der Waals surface area contributed by atoms with Crippen LogP contribution in [-0.2, 0) is 11.2 Å². The molecule has 0 saturated carbocycles. The number of hydrogen-bond donors (Lipinski definition) is 2. The first-order valence-electron chi connectivity index (χ1n) is 5.69. The first kappa shape index (κ1) is 12.8. The summed E-state index contributed by atoms with van der Waals surface area (Å²) in [5.74, 6) is 5.51. The minimum absolute atomic E-state index is 0.0190. The van der Waals surface area contributed by atoms with E-state index in [1.165, 1.54) is 0 Å². The molecule has 1 aromatic rings. The van der Waals surface area contributed by atoms with Crippen molar-refractivity contribution in [2.24, 2.45) is 11.8 Å². The summed E-state index contributed by atoms with van der Waals surface area (Å²) in [6.07, 6.45) is 1.48. The Morgan fingerprint density at radius 3 is 3.06 bits per heavy atom. The van der Waals surface area contributed by atoms with E-state index in [1.807, 2.05) is 0 Å². The van der Waals surface area contributed by atoms with Crippen LogP contribution >= 0.6 is 11.6 Å². The van der Waals surface area contributed by atoms with Gasteiger partial charge in [0.25, 0.3) is 0 Å². The molecular formula is C12H16ClFN2O. The Hall–Kier alpha value is -0.680. The number of rotatable bonds is 4. The van der Waals surface area contributed by atoms with E-state index in [0.29, 0.717) is 24.5 Å². The Balaban J connectivity index is 2.09. The Morgan fingerprint density at radius 1 is 1.59 bits per heavy atom. The number of nitrogens with two attached hydrogens (primary N) is 1. The van der Waals surface area contributed by atoms with Gasteiger partial charge in [-0.05, 0) is 24.5 Å². The maximum atomic E-state index is 13.8. The van der Waals surface area contributed by atoms with Crippen LogP contribution in [0.1, 0.15) is 12.0 Å². The summed E-state index contributed by atoms with van der Waals surface area (Å²) >= 11 is 5.75. The molecule has 5 heteroatoms. The molecule has 94 valence electrons. The minimum atomic E-state index is -0.353. The number of hydrogen-bond acceptors (Lipinski definition) is 3. The average Bonchev–Trinajstić information content (AvgIpc) is 2.85. The quantitative estimate of drug-likeness (QED) is 0.641. The lowest BCUT2D eigenvalue weighted by Gasteiger charge is -2.21. The second-order valence-electron chi connectivity index (χ2n) is 4.31. The monoisotopic (exact) mass is 258 g/mol. The van der Waals surface area contributed by atoms with Gasteiger partial charge in [-0.3, -0.25) is 11.3 Å². The smallest absolute Gasteiger partial charge is 0.145 e. The highest BCUT2D eigenvalue weighted by Crippen LogP contribution is 2.23. The number of ether oxygens (including phenoxy) is 1. The number of hydrazine groups is 1. The van der Waals surface area contributed by atoms with Crippen molar-refractivity contribution in [2.45, 2.75) is 18.9 Å². The fraction of sp³-hybridized carbons (Fsp3) is 0.500. The second kappa shape index (κ2) is 5.78. The molecule has 0 radical (unpaired) electrons. The lowest BCUT2D eigenvalue weighted by Crippen LogP contribution is -2.42. The van der Waals surface area contributed by atoms with Crippen molar-refractivity contribution in [2.75, 3.05) is 13.2 Å². The van der Waals surface area contributed by atoms with Crippen LogP contribution in [0.2, 0.25) is 5.02 Å². The maximum Gasteiger partial charge on any atom is 0.145 e. The fourth-order valence-electron chi connectivity index (χ4n) is 2.17. The predicted molar refractivity (Wildman–Crippen MR) is 65.2 cm³/mol. The zero-order valence-electron chi connectivity index (χ0n) is 9.46. The molecule has 1 heterocycles. The standard InChI is InChI=1S/C12H16ClFN2O/c13-10-3-1-2-8(12(10)14)6-11(16-15)9-4-5-17-7-9/h1-3,9,11,16H,4-7,15H2. The number of halogens is 2. The first-order valence-corrected chi connectivity index (χ1v) is 6.07. The molecule has 1 fully saturated rings. The summed E-state index contributed by atoms with van der Waals surface area (Å²) in [7, 11) is 0. The van der Waals surface area contributed by atoms with Gasteiger partial charge < -0.3 is 4.74 Å². The van der Waals surface area contributed by atoms with Crippen molar-refractivity contribution >= 4 is 11.6 Å². The molecule has 1 aliphatic rings. The van der Waals surface area contributed by atoms with Gasteiger partial charge in [0.05, 0.1) is 11.6 Å².